The molecule has 8 heteroatoms. The van der Waals surface area contributed by atoms with E-state index in [1.807, 2.05) is 51.1 Å². The number of rotatable bonds is 5. The number of amides is 1. The lowest BCUT2D eigenvalue weighted by Gasteiger charge is -2.37. The van der Waals surface area contributed by atoms with Crippen LogP contribution < -0.4 is 5.32 Å². The first-order valence-corrected chi connectivity index (χ1v) is 11.1. The number of alkyl carbamates (subject to hydrolysis) is 1. The molecular formula is C23H32N4O4. The van der Waals surface area contributed by atoms with E-state index in [1.165, 1.54) is 25.7 Å². The first kappa shape index (κ1) is 21.8. The molecule has 1 aromatic heterocycles. The normalized spacial score (nSPS) is 21.7. The van der Waals surface area contributed by atoms with Gasteiger partial charge in [0.15, 0.2) is 5.82 Å². The van der Waals surface area contributed by atoms with Crippen molar-refractivity contribution in [1.29, 1.82) is 0 Å². The molecule has 2 heterocycles. The van der Waals surface area contributed by atoms with E-state index in [2.05, 4.69) is 15.4 Å². The molecule has 1 aromatic carbocycles. The summed E-state index contributed by atoms with van der Waals surface area (Å²) >= 11 is 0. The minimum Gasteiger partial charge on any atom is -0.444 e. The highest BCUT2D eigenvalue weighted by Gasteiger charge is 2.36. The molecule has 2 atom stereocenters. The van der Waals surface area contributed by atoms with Crippen molar-refractivity contribution in [2.45, 2.75) is 70.2 Å². The monoisotopic (exact) mass is 428 g/mol. The Labute approximate surface area is 183 Å². The number of benzene rings is 1. The van der Waals surface area contributed by atoms with Gasteiger partial charge in [-0.05, 0) is 39.2 Å². The molecule has 0 radical (unpaired) electrons. The molecule has 1 N–H and O–H groups in total. The van der Waals surface area contributed by atoms with Crippen LogP contribution in [0, 0.1) is 0 Å². The lowest BCUT2D eigenvalue weighted by atomic mass is 10.1. The van der Waals surface area contributed by atoms with E-state index in [0.29, 0.717) is 24.4 Å². The predicted octanol–water partition coefficient (Wildman–Crippen LogP) is 4.00. The summed E-state index contributed by atoms with van der Waals surface area (Å²) in [6, 6.07) is 9.50. The zero-order valence-electron chi connectivity index (χ0n) is 18.5. The van der Waals surface area contributed by atoms with Crippen LogP contribution in [0.25, 0.3) is 0 Å². The van der Waals surface area contributed by atoms with Gasteiger partial charge in [-0.25, -0.2) is 4.79 Å². The molecule has 8 nitrogen and oxygen atoms in total. The van der Waals surface area contributed by atoms with Gasteiger partial charge in [-0.2, -0.15) is 4.98 Å². The van der Waals surface area contributed by atoms with Crippen molar-refractivity contribution >= 4 is 6.09 Å². The SMILES string of the molecule is CC(C)(C)OC(=O)N[C@H](c1ccccc1)c1noc([C@@H]2COCCN2C2CCCC2)n1. The summed E-state index contributed by atoms with van der Waals surface area (Å²) in [6.45, 7) is 7.62. The van der Waals surface area contributed by atoms with Gasteiger partial charge in [0.25, 0.3) is 0 Å². The Kier molecular flexibility index (Phi) is 6.57. The highest BCUT2D eigenvalue weighted by atomic mass is 16.6. The van der Waals surface area contributed by atoms with Crippen molar-refractivity contribution in [2.24, 2.45) is 0 Å². The highest BCUT2D eigenvalue weighted by molar-refractivity contribution is 5.69. The summed E-state index contributed by atoms with van der Waals surface area (Å²) in [4.78, 5) is 19.7. The van der Waals surface area contributed by atoms with Crippen molar-refractivity contribution in [3.05, 3.63) is 47.6 Å². The molecule has 0 spiro atoms. The lowest BCUT2D eigenvalue weighted by Crippen LogP contribution is -2.45. The van der Waals surface area contributed by atoms with Crippen molar-refractivity contribution in [1.82, 2.24) is 20.4 Å². The average Bonchev–Trinajstić information content (AvgIpc) is 3.44. The maximum absolute atomic E-state index is 12.5. The third kappa shape index (κ3) is 5.43. The molecule has 1 saturated heterocycles. The molecule has 2 aliphatic rings. The quantitative estimate of drug-likeness (QED) is 0.770. The molecule has 1 saturated carbocycles. The fourth-order valence-corrected chi connectivity index (χ4v) is 4.37. The summed E-state index contributed by atoms with van der Waals surface area (Å²) in [5.74, 6) is 0.942. The Balaban J connectivity index is 1.57. The fourth-order valence-electron chi connectivity index (χ4n) is 4.37. The van der Waals surface area contributed by atoms with Crippen molar-refractivity contribution in [3.8, 4) is 0 Å². The third-order valence-electron chi connectivity index (χ3n) is 5.76. The summed E-state index contributed by atoms with van der Waals surface area (Å²) in [5, 5.41) is 7.14. The number of nitrogens with one attached hydrogen (secondary N) is 1. The second-order valence-corrected chi connectivity index (χ2v) is 9.25. The van der Waals surface area contributed by atoms with E-state index >= 15 is 0 Å². The smallest absolute Gasteiger partial charge is 0.408 e. The Hall–Kier alpha value is -2.45. The maximum Gasteiger partial charge on any atom is 0.408 e. The van der Waals surface area contributed by atoms with Crippen molar-refractivity contribution in [3.63, 3.8) is 0 Å². The fraction of sp³-hybridized carbons (Fsp3) is 0.609. The lowest BCUT2D eigenvalue weighted by molar-refractivity contribution is -0.0397. The van der Waals surface area contributed by atoms with Crippen LogP contribution in [0.3, 0.4) is 0 Å². The van der Waals surface area contributed by atoms with E-state index in [1.54, 1.807) is 0 Å². The second kappa shape index (κ2) is 9.36. The Morgan fingerprint density at radius 2 is 1.97 bits per heavy atom. The number of carbonyl (C=O) groups excluding carboxylic acids is 1. The van der Waals surface area contributed by atoms with Crippen LogP contribution >= 0.6 is 0 Å². The standard InChI is InChI=1S/C23H32N4O4/c1-23(2,3)30-22(28)24-19(16-9-5-4-6-10-16)20-25-21(31-26-20)18-15-29-14-13-27(18)17-11-7-8-12-17/h4-6,9-10,17-19H,7-8,11-15H2,1-3H3,(H,24,28)/t18-,19+/m0/s1. The van der Waals surface area contributed by atoms with Crippen LogP contribution in [0.1, 0.15) is 75.8 Å². The third-order valence-corrected chi connectivity index (χ3v) is 5.76. The first-order chi connectivity index (χ1) is 14.9. The first-order valence-electron chi connectivity index (χ1n) is 11.1. The molecule has 0 unspecified atom stereocenters. The molecule has 168 valence electrons. The van der Waals surface area contributed by atoms with E-state index in [9.17, 15) is 4.79 Å². The van der Waals surface area contributed by atoms with Gasteiger partial charge in [0.2, 0.25) is 5.89 Å². The zero-order valence-corrected chi connectivity index (χ0v) is 18.5. The van der Waals surface area contributed by atoms with Crippen molar-refractivity contribution in [2.75, 3.05) is 19.8 Å². The topological polar surface area (TPSA) is 89.7 Å². The van der Waals surface area contributed by atoms with Crippen LogP contribution in [-0.4, -0.2) is 52.5 Å². The minimum absolute atomic E-state index is 0.0592. The zero-order chi connectivity index (χ0) is 21.8. The van der Waals surface area contributed by atoms with Gasteiger partial charge in [-0.3, -0.25) is 4.90 Å². The van der Waals surface area contributed by atoms with Crippen molar-refractivity contribution < 1.29 is 18.8 Å². The van der Waals surface area contributed by atoms with Gasteiger partial charge in [0.1, 0.15) is 17.7 Å². The molecule has 2 aromatic rings. The molecule has 1 amide bonds. The van der Waals surface area contributed by atoms with E-state index in [0.717, 1.165) is 18.7 Å². The maximum atomic E-state index is 12.5. The van der Waals surface area contributed by atoms with Crippen LogP contribution in [-0.2, 0) is 9.47 Å². The molecule has 31 heavy (non-hydrogen) atoms. The van der Waals surface area contributed by atoms with Gasteiger partial charge in [0.05, 0.1) is 13.2 Å². The summed E-state index contributed by atoms with van der Waals surface area (Å²) < 4.78 is 16.9. The largest absolute Gasteiger partial charge is 0.444 e. The number of aromatic nitrogens is 2. The Morgan fingerprint density at radius 3 is 2.68 bits per heavy atom. The van der Waals surface area contributed by atoms with E-state index < -0.39 is 17.7 Å². The van der Waals surface area contributed by atoms with Gasteiger partial charge in [0, 0.05) is 12.6 Å². The van der Waals surface area contributed by atoms with Gasteiger partial charge in [-0.15, -0.1) is 0 Å². The minimum atomic E-state index is -0.602. The summed E-state index contributed by atoms with van der Waals surface area (Å²) in [7, 11) is 0. The van der Waals surface area contributed by atoms with E-state index in [-0.39, 0.29) is 6.04 Å². The molecule has 0 bridgehead atoms. The number of carbonyl (C=O) groups is 1. The number of hydrogen-bond acceptors (Lipinski definition) is 7. The second-order valence-electron chi connectivity index (χ2n) is 9.25. The number of hydrogen-bond donors (Lipinski definition) is 1. The summed E-state index contributed by atoms with van der Waals surface area (Å²) in [5.41, 5.74) is 0.253. The van der Waals surface area contributed by atoms with Crippen LogP contribution in [0.5, 0.6) is 0 Å². The molecule has 1 aliphatic carbocycles. The predicted molar refractivity (Wildman–Crippen MR) is 114 cm³/mol. The van der Waals surface area contributed by atoms with Gasteiger partial charge in [-0.1, -0.05) is 48.3 Å². The Bertz CT molecular complexity index is 858. The van der Waals surface area contributed by atoms with Crippen LogP contribution in [0.15, 0.2) is 34.9 Å². The number of nitrogens with zero attached hydrogens (tertiary/aromatic N) is 3. The molecule has 1 aliphatic heterocycles. The molecule has 4 rings (SSSR count). The Morgan fingerprint density at radius 1 is 1.23 bits per heavy atom. The molecular weight excluding hydrogens is 396 g/mol. The number of morpholine rings is 1. The van der Waals surface area contributed by atoms with Gasteiger partial charge < -0.3 is 19.3 Å². The van der Waals surface area contributed by atoms with Crippen LogP contribution in [0.2, 0.25) is 0 Å². The summed E-state index contributed by atoms with van der Waals surface area (Å²) in [6.07, 6.45) is 4.40. The highest BCUT2D eigenvalue weighted by Crippen LogP contribution is 2.33. The molecule has 2 fully saturated rings. The van der Waals surface area contributed by atoms with Gasteiger partial charge >= 0.3 is 6.09 Å². The van der Waals surface area contributed by atoms with E-state index in [4.69, 9.17) is 19.0 Å². The average molecular weight is 429 g/mol. The van der Waals surface area contributed by atoms with Crippen LogP contribution in [0.4, 0.5) is 4.79 Å². The number of ether oxygens (including phenoxy) is 2.